The first-order chi connectivity index (χ1) is 13.9. The van der Waals surface area contributed by atoms with Crippen molar-refractivity contribution in [3.8, 4) is 5.88 Å². The molecule has 156 valence electrons. The summed E-state index contributed by atoms with van der Waals surface area (Å²) in [7, 11) is -4.00. The van der Waals surface area contributed by atoms with Crippen LogP contribution in [0.25, 0.3) is 0 Å². The van der Waals surface area contributed by atoms with Crippen LogP contribution in [0.5, 0.6) is 5.88 Å². The van der Waals surface area contributed by atoms with Crippen LogP contribution in [0.3, 0.4) is 0 Å². The predicted molar refractivity (Wildman–Crippen MR) is 107 cm³/mol. The topological polar surface area (TPSA) is 105 Å². The summed E-state index contributed by atoms with van der Waals surface area (Å²) in [6.45, 7) is 2.50. The van der Waals surface area contributed by atoms with E-state index >= 15 is 0 Å². The summed E-state index contributed by atoms with van der Waals surface area (Å²) in [6, 6.07) is 2.30. The molecule has 0 spiro atoms. The Labute approximate surface area is 170 Å². The summed E-state index contributed by atoms with van der Waals surface area (Å²) in [5.74, 6) is 0.227. The van der Waals surface area contributed by atoms with Gasteiger partial charge in [-0.15, -0.1) is 0 Å². The lowest BCUT2D eigenvalue weighted by molar-refractivity contribution is 0.144. The van der Waals surface area contributed by atoms with E-state index in [2.05, 4.69) is 21.2 Å². The molecule has 1 aromatic carbocycles. The summed E-state index contributed by atoms with van der Waals surface area (Å²) >= 11 is 0. The summed E-state index contributed by atoms with van der Waals surface area (Å²) in [5.41, 5.74) is 5.96. The van der Waals surface area contributed by atoms with Gasteiger partial charge in [0.15, 0.2) is 11.2 Å². The number of rotatable bonds is 5. The molecule has 9 heteroatoms. The highest BCUT2D eigenvalue weighted by atomic mass is 32.2. The molecule has 2 aromatic rings. The van der Waals surface area contributed by atoms with Crippen molar-refractivity contribution in [1.29, 1.82) is 0 Å². The fourth-order valence-electron chi connectivity index (χ4n) is 4.74. The van der Waals surface area contributed by atoms with Crippen LogP contribution in [-0.2, 0) is 42.3 Å². The van der Waals surface area contributed by atoms with E-state index in [0.717, 1.165) is 50.6 Å². The zero-order chi connectivity index (χ0) is 20.2. The fourth-order valence-corrected chi connectivity index (χ4v) is 5.79. The molecule has 0 radical (unpaired) electrons. The largest absolute Gasteiger partial charge is 0.474 e. The fraction of sp³-hybridized carbons (Fsp3) is 0.550. The molecule has 0 fully saturated rings. The molecule has 0 bridgehead atoms. The van der Waals surface area contributed by atoms with Gasteiger partial charge in [-0.25, -0.2) is 13.1 Å². The number of aliphatic hydroxyl groups is 1. The number of sulfonamides is 1. The molecule has 0 saturated heterocycles. The molecular formula is C20H26N4O4S. The van der Waals surface area contributed by atoms with Gasteiger partial charge in [-0.3, -0.25) is 0 Å². The minimum absolute atomic E-state index is 0.0478. The number of aliphatic hydroxyl groups excluding tert-OH is 1. The molecule has 2 unspecified atom stereocenters. The molecule has 0 saturated carbocycles. The van der Waals surface area contributed by atoms with Gasteiger partial charge < -0.3 is 15.2 Å². The highest BCUT2D eigenvalue weighted by molar-refractivity contribution is 7.89. The molecule has 1 aromatic heterocycles. The van der Waals surface area contributed by atoms with Crippen molar-refractivity contribution in [1.82, 2.24) is 14.5 Å². The van der Waals surface area contributed by atoms with Crippen molar-refractivity contribution in [3.63, 3.8) is 0 Å². The number of aryl methyl sites for hydroxylation is 3. The number of benzene rings is 1. The van der Waals surface area contributed by atoms with Crippen molar-refractivity contribution in [2.75, 3.05) is 5.32 Å². The molecule has 2 heterocycles. The lowest BCUT2D eigenvalue weighted by atomic mass is 9.99. The van der Waals surface area contributed by atoms with Crippen molar-refractivity contribution in [2.45, 2.75) is 75.8 Å². The minimum Gasteiger partial charge on any atom is -0.474 e. The predicted octanol–water partition coefficient (Wildman–Crippen LogP) is 1.70. The lowest BCUT2D eigenvalue weighted by Gasteiger charge is -2.23. The van der Waals surface area contributed by atoms with Gasteiger partial charge in [0.2, 0.25) is 5.88 Å². The summed E-state index contributed by atoms with van der Waals surface area (Å²) < 4.78 is 35.4. The molecule has 29 heavy (non-hydrogen) atoms. The first-order valence-electron chi connectivity index (χ1n) is 10.3. The second-order valence-electron chi connectivity index (χ2n) is 8.16. The van der Waals surface area contributed by atoms with E-state index in [-0.39, 0.29) is 16.9 Å². The van der Waals surface area contributed by atoms with Crippen LogP contribution in [0, 0.1) is 0 Å². The summed E-state index contributed by atoms with van der Waals surface area (Å²) in [6.07, 6.45) is 6.70. The molecule has 5 rings (SSSR count). The monoisotopic (exact) mass is 418 g/mol. The van der Waals surface area contributed by atoms with E-state index in [1.54, 1.807) is 4.68 Å². The van der Waals surface area contributed by atoms with E-state index in [1.165, 1.54) is 28.5 Å². The Morgan fingerprint density at radius 2 is 1.90 bits per heavy atom. The first-order valence-corrected chi connectivity index (χ1v) is 11.8. The second kappa shape index (κ2) is 7.00. The van der Waals surface area contributed by atoms with Gasteiger partial charge in [0.1, 0.15) is 0 Å². The van der Waals surface area contributed by atoms with Crippen LogP contribution in [0.1, 0.15) is 48.4 Å². The molecular weight excluding hydrogens is 392 g/mol. The Bertz CT molecular complexity index is 1030. The highest BCUT2D eigenvalue weighted by Gasteiger charge is 2.31. The third kappa shape index (κ3) is 3.31. The van der Waals surface area contributed by atoms with Crippen LogP contribution in [-0.4, -0.2) is 35.8 Å². The molecule has 0 amide bonds. The lowest BCUT2D eigenvalue weighted by Crippen LogP contribution is -2.41. The molecule has 3 aliphatic rings. The molecule has 8 nitrogen and oxygen atoms in total. The van der Waals surface area contributed by atoms with Gasteiger partial charge in [0.25, 0.3) is 10.0 Å². The van der Waals surface area contributed by atoms with Crippen molar-refractivity contribution >= 4 is 15.7 Å². The van der Waals surface area contributed by atoms with E-state index in [0.29, 0.717) is 6.54 Å². The van der Waals surface area contributed by atoms with Crippen LogP contribution in [0.4, 0.5) is 5.69 Å². The number of fused-ring (bicyclic) bond motifs is 3. The maximum Gasteiger partial charge on any atom is 0.251 e. The number of hydrogen-bond acceptors (Lipinski definition) is 6. The maximum atomic E-state index is 12.9. The third-order valence-corrected chi connectivity index (χ3v) is 7.52. The average Bonchev–Trinajstić information content (AvgIpc) is 3.39. The first kappa shape index (κ1) is 18.9. The zero-order valence-corrected chi connectivity index (χ0v) is 17.3. The Morgan fingerprint density at radius 3 is 2.59 bits per heavy atom. The minimum atomic E-state index is -4.00. The smallest absolute Gasteiger partial charge is 0.251 e. The van der Waals surface area contributed by atoms with Gasteiger partial charge in [-0.1, -0.05) is 6.07 Å². The quantitative estimate of drug-likeness (QED) is 0.639. The van der Waals surface area contributed by atoms with Crippen molar-refractivity contribution < 1.29 is 18.3 Å². The van der Waals surface area contributed by atoms with E-state index in [9.17, 15) is 13.5 Å². The number of nitrogens with zero attached hydrogens (tertiary/aromatic N) is 2. The Hall–Kier alpha value is -2.10. The van der Waals surface area contributed by atoms with Gasteiger partial charge in [0, 0.05) is 18.7 Å². The Morgan fingerprint density at radius 1 is 1.21 bits per heavy atom. The van der Waals surface area contributed by atoms with Crippen molar-refractivity contribution in [3.05, 3.63) is 34.5 Å². The van der Waals surface area contributed by atoms with Gasteiger partial charge in [-0.2, -0.15) is 9.82 Å². The number of ether oxygens (including phenoxy) is 1. The maximum absolute atomic E-state index is 12.9. The molecule has 2 aliphatic carbocycles. The van der Waals surface area contributed by atoms with Crippen LogP contribution >= 0.6 is 0 Å². The Balaban J connectivity index is 1.40. The third-order valence-electron chi connectivity index (χ3n) is 6.13. The van der Waals surface area contributed by atoms with E-state index in [1.807, 2.05) is 6.92 Å². The van der Waals surface area contributed by atoms with E-state index < -0.39 is 16.4 Å². The normalized spacial score (nSPS) is 21.2. The standard InChI is InChI=1S/C20H26N4O4S/c1-12-8-9-24-19(28-12)17(11-21-24)29(26,27)23-20(25)22-18-15-6-2-4-13(15)10-14-5-3-7-16(14)18/h10-12,20,22-23,25H,2-9H2,1H3. The number of nitrogens with one attached hydrogen (secondary N) is 2. The zero-order valence-electron chi connectivity index (χ0n) is 16.4. The Kier molecular flexibility index (Phi) is 4.56. The highest BCUT2D eigenvalue weighted by Crippen LogP contribution is 2.39. The van der Waals surface area contributed by atoms with Gasteiger partial charge in [0.05, 0.1) is 12.3 Å². The second-order valence-corrected chi connectivity index (χ2v) is 9.84. The summed E-state index contributed by atoms with van der Waals surface area (Å²) in [5, 5.41) is 17.7. The molecule has 2 atom stereocenters. The SMILES string of the molecule is CC1CCn2ncc(S(=O)(=O)NC(O)Nc3c4c(cc5c3CCC5)CCC4)c2O1. The van der Waals surface area contributed by atoms with Crippen LogP contribution < -0.4 is 14.8 Å². The molecule has 3 N–H and O–H groups in total. The van der Waals surface area contributed by atoms with Crippen LogP contribution in [0.2, 0.25) is 0 Å². The summed E-state index contributed by atoms with van der Waals surface area (Å²) in [4.78, 5) is -0.0478. The van der Waals surface area contributed by atoms with Crippen LogP contribution in [0.15, 0.2) is 17.2 Å². The number of hydrogen-bond donors (Lipinski definition) is 3. The number of anilines is 1. The van der Waals surface area contributed by atoms with Gasteiger partial charge in [-0.05, 0) is 67.7 Å². The number of aromatic nitrogens is 2. The molecule has 1 aliphatic heterocycles. The van der Waals surface area contributed by atoms with Gasteiger partial charge >= 0.3 is 0 Å². The van der Waals surface area contributed by atoms with Crippen molar-refractivity contribution in [2.24, 2.45) is 0 Å². The van der Waals surface area contributed by atoms with E-state index in [4.69, 9.17) is 4.74 Å². The average molecular weight is 419 g/mol.